The van der Waals surface area contributed by atoms with Gasteiger partial charge in [-0.2, -0.15) is 0 Å². The summed E-state index contributed by atoms with van der Waals surface area (Å²) >= 11 is 5.87. The van der Waals surface area contributed by atoms with Gasteiger partial charge < -0.3 is 21.4 Å². The Balaban J connectivity index is 1.67. The van der Waals surface area contributed by atoms with E-state index in [0.29, 0.717) is 41.3 Å². The van der Waals surface area contributed by atoms with Crippen molar-refractivity contribution in [2.45, 2.75) is 25.4 Å². The number of halogens is 1. The second-order valence-electron chi connectivity index (χ2n) is 6.49. The van der Waals surface area contributed by atoms with Gasteiger partial charge in [-0.05, 0) is 42.7 Å². The van der Waals surface area contributed by atoms with Gasteiger partial charge in [-0.1, -0.05) is 29.8 Å². The predicted octanol–water partition coefficient (Wildman–Crippen LogP) is 2.84. The highest BCUT2D eigenvalue weighted by Crippen LogP contribution is 2.22. The Morgan fingerprint density at radius 1 is 1.26 bits per heavy atom. The normalized spacial score (nSPS) is 16.2. The van der Waals surface area contributed by atoms with Crippen molar-refractivity contribution in [3.05, 3.63) is 64.2 Å². The number of rotatable bonds is 5. The molecule has 0 bridgehead atoms. The van der Waals surface area contributed by atoms with E-state index in [2.05, 4.69) is 5.32 Å². The summed E-state index contributed by atoms with van der Waals surface area (Å²) in [5, 5.41) is 10.8. The number of hydrogen-bond acceptors (Lipinski definition) is 4. The van der Waals surface area contributed by atoms with Crippen LogP contribution in [0.15, 0.2) is 42.5 Å². The van der Waals surface area contributed by atoms with E-state index in [-0.39, 0.29) is 11.8 Å². The SMILES string of the molecule is N=Cc1ccc(C(=O)N2CCCC2C(=O)NCc2ccc(Cl)cc2)cc1N. The van der Waals surface area contributed by atoms with E-state index < -0.39 is 6.04 Å². The maximum atomic E-state index is 12.8. The molecule has 2 amide bonds. The molecule has 1 unspecified atom stereocenters. The molecule has 7 heteroatoms. The molecule has 1 fully saturated rings. The number of nitrogens with two attached hydrogens (primary N) is 1. The van der Waals surface area contributed by atoms with Crippen molar-refractivity contribution in [2.24, 2.45) is 0 Å². The lowest BCUT2D eigenvalue weighted by Crippen LogP contribution is -2.45. The summed E-state index contributed by atoms with van der Waals surface area (Å²) in [6, 6.07) is 11.6. The van der Waals surface area contributed by atoms with Crippen molar-refractivity contribution in [1.82, 2.24) is 10.2 Å². The van der Waals surface area contributed by atoms with E-state index in [0.717, 1.165) is 18.2 Å². The molecule has 27 heavy (non-hydrogen) atoms. The number of nitrogen functional groups attached to an aromatic ring is 1. The van der Waals surface area contributed by atoms with Gasteiger partial charge in [0, 0.05) is 41.1 Å². The molecular formula is C20H21ClN4O2. The number of nitrogens with zero attached hydrogens (tertiary/aromatic N) is 1. The third-order valence-corrected chi connectivity index (χ3v) is 4.94. The van der Waals surface area contributed by atoms with Crippen LogP contribution in [0.2, 0.25) is 5.02 Å². The molecule has 2 aromatic rings. The average molecular weight is 385 g/mol. The Kier molecular flexibility index (Phi) is 5.76. The highest BCUT2D eigenvalue weighted by atomic mass is 35.5. The number of anilines is 1. The van der Waals surface area contributed by atoms with Crippen LogP contribution in [-0.4, -0.2) is 35.5 Å². The zero-order chi connectivity index (χ0) is 19.4. The van der Waals surface area contributed by atoms with Crippen molar-refractivity contribution in [3.63, 3.8) is 0 Å². The number of hydrogen-bond donors (Lipinski definition) is 3. The molecule has 1 atom stereocenters. The standard InChI is InChI=1S/C20H21ClN4O2/c21-16-7-3-13(4-8-16)12-24-19(26)18-2-1-9-25(18)20(27)14-5-6-15(11-22)17(23)10-14/h3-8,10-11,18,22H,1-2,9,12,23H2,(H,24,26). The van der Waals surface area contributed by atoms with Crippen LogP contribution in [0.25, 0.3) is 0 Å². The third kappa shape index (κ3) is 4.28. The van der Waals surface area contributed by atoms with Crippen LogP contribution < -0.4 is 11.1 Å². The fraction of sp³-hybridized carbons (Fsp3) is 0.250. The molecule has 140 valence electrons. The molecule has 0 aromatic heterocycles. The average Bonchev–Trinajstić information content (AvgIpc) is 3.16. The Labute approximate surface area is 162 Å². The summed E-state index contributed by atoms with van der Waals surface area (Å²) in [5.74, 6) is -0.387. The molecule has 3 rings (SSSR count). The quantitative estimate of drug-likeness (QED) is 0.546. The number of amides is 2. The van der Waals surface area contributed by atoms with Gasteiger partial charge >= 0.3 is 0 Å². The Hall–Kier alpha value is -2.86. The largest absolute Gasteiger partial charge is 0.398 e. The zero-order valence-electron chi connectivity index (χ0n) is 14.7. The van der Waals surface area contributed by atoms with Crippen molar-refractivity contribution in [1.29, 1.82) is 5.41 Å². The lowest BCUT2D eigenvalue weighted by atomic mass is 10.1. The van der Waals surface area contributed by atoms with Crippen LogP contribution in [-0.2, 0) is 11.3 Å². The van der Waals surface area contributed by atoms with Gasteiger partial charge in [0.25, 0.3) is 5.91 Å². The van der Waals surface area contributed by atoms with Gasteiger partial charge in [-0.3, -0.25) is 9.59 Å². The van der Waals surface area contributed by atoms with Gasteiger partial charge in [0.05, 0.1) is 0 Å². The highest BCUT2D eigenvalue weighted by molar-refractivity contribution is 6.30. The molecule has 2 aromatic carbocycles. The number of carbonyl (C=O) groups is 2. The lowest BCUT2D eigenvalue weighted by molar-refractivity contribution is -0.125. The minimum absolute atomic E-state index is 0.167. The van der Waals surface area contributed by atoms with Gasteiger partial charge in [-0.15, -0.1) is 0 Å². The number of likely N-dealkylation sites (tertiary alicyclic amines) is 1. The smallest absolute Gasteiger partial charge is 0.254 e. The van der Waals surface area contributed by atoms with Gasteiger partial charge in [-0.25, -0.2) is 0 Å². The fourth-order valence-corrected chi connectivity index (χ4v) is 3.32. The molecule has 1 heterocycles. The van der Waals surface area contributed by atoms with Crippen LogP contribution in [0.5, 0.6) is 0 Å². The van der Waals surface area contributed by atoms with Gasteiger partial charge in [0.1, 0.15) is 6.04 Å². The van der Waals surface area contributed by atoms with Crippen molar-refractivity contribution in [3.8, 4) is 0 Å². The van der Waals surface area contributed by atoms with E-state index in [1.807, 2.05) is 12.1 Å². The predicted molar refractivity (Wildman–Crippen MR) is 106 cm³/mol. The van der Waals surface area contributed by atoms with E-state index in [9.17, 15) is 9.59 Å². The first kappa shape index (κ1) is 18.9. The minimum atomic E-state index is -0.492. The fourth-order valence-electron chi connectivity index (χ4n) is 3.20. The van der Waals surface area contributed by atoms with Crippen molar-refractivity contribution in [2.75, 3.05) is 12.3 Å². The molecule has 0 saturated carbocycles. The molecule has 0 radical (unpaired) electrons. The van der Waals surface area contributed by atoms with E-state index in [1.165, 1.54) is 0 Å². The van der Waals surface area contributed by atoms with Crippen molar-refractivity contribution >= 4 is 35.3 Å². The summed E-state index contributed by atoms with van der Waals surface area (Å²) in [5.41, 5.74) is 8.18. The zero-order valence-corrected chi connectivity index (χ0v) is 15.5. The molecule has 0 spiro atoms. The maximum Gasteiger partial charge on any atom is 0.254 e. The Morgan fingerprint density at radius 2 is 2.00 bits per heavy atom. The van der Waals surface area contributed by atoms with E-state index in [4.69, 9.17) is 22.7 Å². The molecule has 1 aliphatic heterocycles. The highest BCUT2D eigenvalue weighted by Gasteiger charge is 2.34. The summed E-state index contributed by atoms with van der Waals surface area (Å²) in [6.45, 7) is 0.916. The number of nitrogens with one attached hydrogen (secondary N) is 2. The summed E-state index contributed by atoms with van der Waals surface area (Å²) in [4.78, 5) is 27.1. The Bertz CT molecular complexity index is 867. The van der Waals surface area contributed by atoms with Gasteiger partial charge in [0.2, 0.25) is 5.91 Å². The monoisotopic (exact) mass is 384 g/mol. The van der Waals surface area contributed by atoms with Crippen molar-refractivity contribution < 1.29 is 9.59 Å². The first-order chi connectivity index (χ1) is 13.0. The second-order valence-corrected chi connectivity index (χ2v) is 6.93. The summed E-state index contributed by atoms with van der Waals surface area (Å²) < 4.78 is 0. The van der Waals surface area contributed by atoms with E-state index in [1.54, 1.807) is 35.2 Å². The van der Waals surface area contributed by atoms with Crippen LogP contribution in [0, 0.1) is 5.41 Å². The van der Waals surface area contributed by atoms with E-state index >= 15 is 0 Å². The molecule has 0 aliphatic carbocycles. The van der Waals surface area contributed by atoms with Crippen LogP contribution in [0.3, 0.4) is 0 Å². The first-order valence-electron chi connectivity index (χ1n) is 8.72. The van der Waals surface area contributed by atoms with Crippen LogP contribution in [0.1, 0.15) is 34.3 Å². The first-order valence-corrected chi connectivity index (χ1v) is 9.10. The topological polar surface area (TPSA) is 99.3 Å². The molecular weight excluding hydrogens is 364 g/mol. The minimum Gasteiger partial charge on any atom is -0.398 e. The molecule has 1 saturated heterocycles. The Morgan fingerprint density at radius 3 is 2.67 bits per heavy atom. The van der Waals surface area contributed by atoms with Crippen LogP contribution in [0.4, 0.5) is 5.69 Å². The molecule has 1 aliphatic rings. The maximum absolute atomic E-state index is 12.8. The lowest BCUT2D eigenvalue weighted by Gasteiger charge is -2.24. The number of carbonyl (C=O) groups excluding carboxylic acids is 2. The number of benzene rings is 2. The third-order valence-electron chi connectivity index (χ3n) is 4.69. The van der Waals surface area contributed by atoms with Crippen LogP contribution >= 0.6 is 11.6 Å². The molecule has 6 nitrogen and oxygen atoms in total. The summed E-state index contributed by atoms with van der Waals surface area (Å²) in [6.07, 6.45) is 2.55. The second kappa shape index (κ2) is 8.22. The summed E-state index contributed by atoms with van der Waals surface area (Å²) in [7, 11) is 0. The molecule has 4 N–H and O–H groups in total. The van der Waals surface area contributed by atoms with Gasteiger partial charge in [0.15, 0.2) is 0 Å².